The van der Waals surface area contributed by atoms with Crippen LogP contribution in [0.25, 0.3) is 0 Å². The van der Waals surface area contributed by atoms with Gasteiger partial charge >= 0.3 is 0 Å². The molecule has 2 nitrogen and oxygen atoms in total. The highest BCUT2D eigenvalue weighted by Gasteiger charge is 2.17. The quantitative estimate of drug-likeness (QED) is 0.874. The summed E-state index contributed by atoms with van der Waals surface area (Å²) in [5, 5.41) is 3.54. The van der Waals surface area contributed by atoms with Gasteiger partial charge in [0.2, 0.25) is 0 Å². The first-order chi connectivity index (χ1) is 10.9. The summed E-state index contributed by atoms with van der Waals surface area (Å²) >= 11 is 0. The Labute approximate surface area is 134 Å². The first-order valence-corrected chi connectivity index (χ1v) is 8.41. The lowest BCUT2D eigenvalue weighted by molar-refractivity contribution is 0.194. The van der Waals surface area contributed by atoms with Crippen molar-refractivity contribution in [2.45, 2.75) is 25.9 Å². The van der Waals surface area contributed by atoms with Crippen LogP contribution in [0.4, 0.5) is 0 Å². The third kappa shape index (κ3) is 4.69. The van der Waals surface area contributed by atoms with E-state index in [1.165, 1.54) is 43.6 Å². The lowest BCUT2D eigenvalue weighted by atomic mass is 9.98. The minimum atomic E-state index is 0.779. The van der Waals surface area contributed by atoms with Crippen LogP contribution in [0.5, 0.6) is 0 Å². The van der Waals surface area contributed by atoms with E-state index in [9.17, 15) is 0 Å². The zero-order chi connectivity index (χ0) is 15.0. The van der Waals surface area contributed by atoms with Gasteiger partial charge in [0, 0.05) is 19.6 Å². The molecule has 2 aromatic rings. The summed E-state index contributed by atoms with van der Waals surface area (Å²) in [5.74, 6) is 0.779. The van der Waals surface area contributed by atoms with Crippen LogP contribution in [0.15, 0.2) is 60.7 Å². The van der Waals surface area contributed by atoms with Crippen molar-refractivity contribution in [2.75, 3.05) is 19.6 Å². The van der Waals surface area contributed by atoms with Crippen LogP contribution in [-0.4, -0.2) is 24.5 Å². The Kier molecular flexibility index (Phi) is 5.63. The van der Waals surface area contributed by atoms with Gasteiger partial charge in [-0.1, -0.05) is 60.7 Å². The first kappa shape index (κ1) is 15.3. The topological polar surface area (TPSA) is 15.3 Å². The Morgan fingerprint density at radius 2 is 1.45 bits per heavy atom. The van der Waals surface area contributed by atoms with E-state index in [0.717, 1.165) is 19.0 Å². The van der Waals surface area contributed by atoms with Crippen LogP contribution in [0.1, 0.15) is 24.0 Å². The summed E-state index contributed by atoms with van der Waals surface area (Å²) in [4.78, 5) is 2.60. The minimum Gasteiger partial charge on any atom is -0.316 e. The monoisotopic (exact) mass is 294 g/mol. The van der Waals surface area contributed by atoms with Crippen molar-refractivity contribution in [2.24, 2.45) is 5.92 Å². The van der Waals surface area contributed by atoms with Crippen molar-refractivity contribution in [3.05, 3.63) is 71.8 Å². The second-order valence-electron chi connectivity index (χ2n) is 6.35. The highest BCUT2D eigenvalue weighted by molar-refractivity contribution is 5.17. The maximum absolute atomic E-state index is 3.54. The highest BCUT2D eigenvalue weighted by atomic mass is 15.1. The first-order valence-electron chi connectivity index (χ1n) is 8.41. The second-order valence-corrected chi connectivity index (χ2v) is 6.35. The molecule has 1 N–H and O–H groups in total. The van der Waals surface area contributed by atoms with Crippen LogP contribution in [0.3, 0.4) is 0 Å². The van der Waals surface area contributed by atoms with Crippen molar-refractivity contribution >= 4 is 0 Å². The Balaban J connectivity index is 1.66. The molecule has 0 saturated carbocycles. The molecule has 2 aromatic carbocycles. The molecule has 0 amide bonds. The van der Waals surface area contributed by atoms with Crippen LogP contribution in [-0.2, 0) is 13.1 Å². The molecule has 0 aliphatic carbocycles. The fraction of sp³-hybridized carbons (Fsp3) is 0.400. The molecule has 2 heteroatoms. The van der Waals surface area contributed by atoms with Crippen molar-refractivity contribution in [1.29, 1.82) is 0 Å². The van der Waals surface area contributed by atoms with Crippen LogP contribution in [0, 0.1) is 5.92 Å². The van der Waals surface area contributed by atoms with E-state index in [1.807, 2.05) is 0 Å². The summed E-state index contributed by atoms with van der Waals surface area (Å²) in [6, 6.07) is 21.7. The summed E-state index contributed by atoms with van der Waals surface area (Å²) in [6.07, 6.45) is 2.67. The zero-order valence-corrected chi connectivity index (χ0v) is 13.2. The normalized spacial score (nSPS) is 18.5. The molecule has 1 aliphatic heterocycles. The summed E-state index contributed by atoms with van der Waals surface area (Å²) in [6.45, 7) is 5.60. The van der Waals surface area contributed by atoms with Crippen LogP contribution in [0.2, 0.25) is 0 Å². The predicted molar refractivity (Wildman–Crippen MR) is 92.6 cm³/mol. The molecule has 0 unspecified atom stereocenters. The average molecular weight is 294 g/mol. The van der Waals surface area contributed by atoms with Gasteiger partial charge in [-0.05, 0) is 43.0 Å². The summed E-state index contributed by atoms with van der Waals surface area (Å²) in [5.41, 5.74) is 2.81. The van der Waals surface area contributed by atoms with Gasteiger partial charge in [0.05, 0.1) is 0 Å². The SMILES string of the molecule is c1ccc(CN(Cc2ccccc2)C[C@@H]2CCCNC2)cc1. The van der Waals surface area contributed by atoms with E-state index in [-0.39, 0.29) is 0 Å². The number of hydrogen-bond acceptors (Lipinski definition) is 2. The molecule has 1 atom stereocenters. The number of hydrogen-bond donors (Lipinski definition) is 1. The fourth-order valence-electron chi connectivity index (χ4n) is 3.31. The highest BCUT2D eigenvalue weighted by Crippen LogP contribution is 2.16. The number of piperidine rings is 1. The van der Waals surface area contributed by atoms with E-state index >= 15 is 0 Å². The van der Waals surface area contributed by atoms with Gasteiger partial charge in [-0.2, -0.15) is 0 Å². The van der Waals surface area contributed by atoms with Crippen LogP contribution < -0.4 is 5.32 Å². The van der Waals surface area contributed by atoms with Gasteiger partial charge in [-0.15, -0.1) is 0 Å². The molecule has 22 heavy (non-hydrogen) atoms. The van der Waals surface area contributed by atoms with E-state index < -0.39 is 0 Å². The number of benzene rings is 2. The Morgan fingerprint density at radius 3 is 1.95 bits per heavy atom. The van der Waals surface area contributed by atoms with Crippen LogP contribution >= 0.6 is 0 Å². The van der Waals surface area contributed by atoms with E-state index in [2.05, 4.69) is 70.9 Å². The van der Waals surface area contributed by atoms with Gasteiger partial charge in [0.15, 0.2) is 0 Å². The number of nitrogens with zero attached hydrogens (tertiary/aromatic N) is 1. The average Bonchev–Trinajstić information content (AvgIpc) is 2.57. The molecule has 3 rings (SSSR count). The van der Waals surface area contributed by atoms with Crippen molar-refractivity contribution < 1.29 is 0 Å². The van der Waals surface area contributed by atoms with Crippen molar-refractivity contribution in [3.8, 4) is 0 Å². The summed E-state index contributed by atoms with van der Waals surface area (Å²) < 4.78 is 0. The molecule has 1 saturated heterocycles. The number of nitrogens with one attached hydrogen (secondary N) is 1. The third-order valence-electron chi connectivity index (χ3n) is 4.41. The molecule has 1 aliphatic rings. The van der Waals surface area contributed by atoms with Gasteiger partial charge in [-0.3, -0.25) is 4.90 Å². The lowest BCUT2D eigenvalue weighted by Crippen LogP contribution is -2.37. The lowest BCUT2D eigenvalue weighted by Gasteiger charge is -2.30. The standard InChI is InChI=1S/C20H26N2/c1-3-8-18(9-4-1)15-22(16-19-10-5-2-6-11-19)17-20-12-7-13-21-14-20/h1-6,8-11,20-21H,7,12-17H2/t20-/m1/s1. The van der Waals surface area contributed by atoms with E-state index in [0.29, 0.717) is 0 Å². The zero-order valence-electron chi connectivity index (χ0n) is 13.2. The maximum atomic E-state index is 3.54. The van der Waals surface area contributed by atoms with Crippen molar-refractivity contribution in [3.63, 3.8) is 0 Å². The largest absolute Gasteiger partial charge is 0.316 e. The third-order valence-corrected chi connectivity index (χ3v) is 4.41. The van der Waals surface area contributed by atoms with Gasteiger partial charge in [0.25, 0.3) is 0 Å². The smallest absolute Gasteiger partial charge is 0.0237 e. The molecule has 116 valence electrons. The Bertz CT molecular complexity index is 491. The predicted octanol–water partition coefficient (Wildman–Crippen LogP) is 3.69. The molecule has 0 aromatic heterocycles. The Hall–Kier alpha value is -1.64. The van der Waals surface area contributed by atoms with Crippen molar-refractivity contribution in [1.82, 2.24) is 10.2 Å². The maximum Gasteiger partial charge on any atom is 0.0237 e. The molecule has 1 fully saturated rings. The molecule has 1 heterocycles. The van der Waals surface area contributed by atoms with E-state index in [1.54, 1.807) is 0 Å². The fourth-order valence-corrected chi connectivity index (χ4v) is 3.31. The molecular weight excluding hydrogens is 268 g/mol. The molecule has 0 radical (unpaired) electrons. The molecule has 0 spiro atoms. The van der Waals surface area contributed by atoms with Gasteiger partial charge in [0.1, 0.15) is 0 Å². The number of rotatable bonds is 6. The van der Waals surface area contributed by atoms with E-state index in [4.69, 9.17) is 0 Å². The molecule has 0 bridgehead atoms. The van der Waals surface area contributed by atoms with Gasteiger partial charge < -0.3 is 5.32 Å². The molecular formula is C20H26N2. The second kappa shape index (κ2) is 8.11. The Morgan fingerprint density at radius 1 is 0.864 bits per heavy atom. The summed E-state index contributed by atoms with van der Waals surface area (Å²) in [7, 11) is 0. The minimum absolute atomic E-state index is 0.779. The van der Waals surface area contributed by atoms with Gasteiger partial charge in [-0.25, -0.2) is 0 Å².